The number of hydrogen-bond donors (Lipinski definition) is 0. The summed E-state index contributed by atoms with van der Waals surface area (Å²) in [5.74, 6) is 1.63. The highest BCUT2D eigenvalue weighted by molar-refractivity contribution is 7.26. The quantitative estimate of drug-likeness (QED) is 0.180. The molecule has 0 aliphatic carbocycles. The summed E-state index contributed by atoms with van der Waals surface area (Å²) in [6.45, 7) is 0. The molecule has 0 unspecified atom stereocenters. The number of hydrogen-bond acceptors (Lipinski definition) is 4. The zero-order valence-corrected chi connectivity index (χ0v) is 26.9. The Bertz CT molecular complexity index is 2760. The zero-order valence-electron chi connectivity index (χ0n) is 31.1. The first-order valence-corrected chi connectivity index (χ1v) is 16.8. The molecule has 9 rings (SSSR count). The molecule has 0 amide bonds. The first-order valence-electron chi connectivity index (χ1n) is 18.4. The van der Waals surface area contributed by atoms with Crippen LogP contribution in [0.3, 0.4) is 0 Å². The van der Waals surface area contributed by atoms with E-state index in [1.54, 1.807) is 0 Å². The van der Waals surface area contributed by atoms with E-state index < -0.39 is 6.04 Å². The van der Waals surface area contributed by atoms with Gasteiger partial charge in [-0.2, -0.15) is 0 Å². The van der Waals surface area contributed by atoms with Gasteiger partial charge < -0.3 is 0 Å². The molecule has 3 nitrogen and oxygen atoms in total. The van der Waals surface area contributed by atoms with Crippen LogP contribution in [0.2, 0.25) is 0 Å². The summed E-state index contributed by atoms with van der Waals surface area (Å²) in [6, 6.07) is 47.2. The fourth-order valence-corrected chi connectivity index (χ4v) is 7.48. The fourth-order valence-electron chi connectivity index (χ4n) is 6.22. The predicted octanol–water partition coefficient (Wildman–Crippen LogP) is 12.2. The van der Waals surface area contributed by atoms with Gasteiger partial charge in [-0.05, 0) is 51.6 Å². The van der Waals surface area contributed by atoms with E-state index in [1.807, 2.05) is 91.0 Å². The van der Waals surface area contributed by atoms with Gasteiger partial charge in [-0.1, -0.05) is 158 Å². The van der Waals surface area contributed by atoms with Gasteiger partial charge >= 0.3 is 0 Å². The monoisotopic (exact) mass is 648 g/mol. The van der Waals surface area contributed by atoms with Gasteiger partial charge in [0, 0.05) is 36.9 Å². The Hall–Kier alpha value is -6.23. The fraction of sp³-hybridized carbons (Fsp3) is 0. The lowest BCUT2D eigenvalue weighted by Crippen LogP contribution is -2.00. The Balaban J connectivity index is 1.21. The van der Waals surface area contributed by atoms with Crippen LogP contribution in [0.1, 0.15) is 6.85 Å². The van der Waals surface area contributed by atoms with E-state index in [2.05, 4.69) is 54.6 Å². The van der Waals surface area contributed by atoms with E-state index in [-0.39, 0.29) is 29.7 Å². The highest BCUT2D eigenvalue weighted by atomic mass is 32.1. The number of rotatable bonds is 6. The maximum atomic E-state index is 8.64. The SMILES string of the molecule is [2H]c1c([2H])c([2H])c(-c2cccc3c2sc2cc(-c4nc(-c5cccc(-c6ccccc6)c5)nc(-c5cccc(-c6ccccc6)c5)n4)ccc23)c([2H])c1[2H]. The lowest BCUT2D eigenvalue weighted by atomic mass is 10.0. The van der Waals surface area contributed by atoms with E-state index in [9.17, 15) is 0 Å². The first-order chi connectivity index (χ1) is 26.3. The molecule has 0 atom stereocenters. The van der Waals surface area contributed by atoms with Crippen LogP contribution in [-0.2, 0) is 0 Å². The third-order valence-electron chi connectivity index (χ3n) is 8.62. The molecule has 7 aromatic carbocycles. The van der Waals surface area contributed by atoms with Crippen LogP contribution in [0.5, 0.6) is 0 Å². The molecule has 0 spiro atoms. The van der Waals surface area contributed by atoms with Gasteiger partial charge in [0.05, 0.1) is 6.85 Å². The number of benzene rings is 7. The highest BCUT2D eigenvalue weighted by Crippen LogP contribution is 2.41. The lowest BCUT2D eigenvalue weighted by molar-refractivity contribution is 1.07. The Kier molecular flexibility index (Phi) is 6.08. The second kappa shape index (κ2) is 12.4. The summed E-state index contributed by atoms with van der Waals surface area (Å²) >= 11 is 1.52. The second-order valence-electron chi connectivity index (χ2n) is 11.7. The van der Waals surface area contributed by atoms with Crippen molar-refractivity contribution >= 4 is 31.5 Å². The molecule has 0 aliphatic rings. The van der Waals surface area contributed by atoms with Crippen LogP contribution in [0.4, 0.5) is 0 Å². The van der Waals surface area contributed by atoms with Crippen LogP contribution in [0, 0.1) is 0 Å². The number of aromatic nitrogens is 3. The molecule has 0 bridgehead atoms. The van der Waals surface area contributed by atoms with Crippen molar-refractivity contribution in [3.05, 3.63) is 176 Å². The van der Waals surface area contributed by atoms with Crippen molar-refractivity contribution in [2.24, 2.45) is 0 Å². The van der Waals surface area contributed by atoms with Gasteiger partial charge in [-0.25, -0.2) is 15.0 Å². The molecule has 2 aromatic heterocycles. The number of nitrogens with zero attached hydrogens (tertiary/aromatic N) is 3. The van der Waals surface area contributed by atoms with Gasteiger partial charge in [0.1, 0.15) is 0 Å². The normalized spacial score (nSPS) is 12.7. The van der Waals surface area contributed by atoms with E-state index >= 15 is 0 Å². The average molecular weight is 649 g/mol. The van der Waals surface area contributed by atoms with Crippen LogP contribution in [0.15, 0.2) is 176 Å². The lowest BCUT2D eigenvalue weighted by Gasteiger charge is -2.11. The van der Waals surface area contributed by atoms with Crippen molar-refractivity contribution in [3.8, 4) is 67.5 Å². The molecule has 9 aromatic rings. The van der Waals surface area contributed by atoms with Crippen molar-refractivity contribution in [1.29, 1.82) is 0 Å². The van der Waals surface area contributed by atoms with Crippen molar-refractivity contribution in [2.45, 2.75) is 0 Å². The molecule has 0 fully saturated rings. The van der Waals surface area contributed by atoms with Gasteiger partial charge in [0.25, 0.3) is 0 Å². The van der Waals surface area contributed by atoms with Crippen molar-refractivity contribution in [1.82, 2.24) is 15.0 Å². The summed E-state index contributed by atoms with van der Waals surface area (Å²) in [7, 11) is 0. The maximum absolute atomic E-state index is 8.64. The summed E-state index contributed by atoms with van der Waals surface area (Å²) in [4.78, 5) is 15.2. The summed E-state index contributed by atoms with van der Waals surface area (Å²) in [5, 5.41) is 1.94. The molecule has 4 heteroatoms. The van der Waals surface area contributed by atoms with Crippen LogP contribution < -0.4 is 0 Å². The minimum absolute atomic E-state index is 0.195. The van der Waals surface area contributed by atoms with Gasteiger partial charge in [-0.3, -0.25) is 0 Å². The predicted molar refractivity (Wildman–Crippen MR) is 205 cm³/mol. The molecule has 0 N–H and O–H groups in total. The smallest absolute Gasteiger partial charge is 0.164 e. The average Bonchev–Trinajstić information content (AvgIpc) is 3.61. The van der Waals surface area contributed by atoms with E-state index in [0.29, 0.717) is 23.0 Å². The summed E-state index contributed by atoms with van der Waals surface area (Å²) in [6.07, 6.45) is 0. The maximum Gasteiger partial charge on any atom is 0.164 e. The topological polar surface area (TPSA) is 38.7 Å². The highest BCUT2D eigenvalue weighted by Gasteiger charge is 2.16. The minimum Gasteiger partial charge on any atom is -0.208 e. The molecule has 0 radical (unpaired) electrons. The zero-order chi connectivity index (χ0) is 36.9. The molecule has 2 heterocycles. The molecule has 0 aliphatic heterocycles. The van der Waals surface area contributed by atoms with Crippen molar-refractivity contribution in [3.63, 3.8) is 0 Å². The Labute approximate surface area is 295 Å². The standard InChI is InChI=1S/C45H29N3S/c1-4-13-30(14-5-1)33-19-10-21-35(27-33)43-46-44(36-22-11-20-34(28-36)31-15-6-2-7-16-31)48-45(47-43)37-25-26-39-40-24-12-23-38(32-17-8-3-9-18-32)42(40)49-41(39)29-37/h1-29H/i3D,8D,9D,17D,18D. The van der Waals surface area contributed by atoms with E-state index in [4.69, 9.17) is 21.8 Å². The van der Waals surface area contributed by atoms with Gasteiger partial charge in [0.2, 0.25) is 0 Å². The van der Waals surface area contributed by atoms with Gasteiger partial charge in [-0.15, -0.1) is 11.3 Å². The Morgan fingerprint density at radius 3 is 1.49 bits per heavy atom. The molecule has 49 heavy (non-hydrogen) atoms. The molecular weight excluding hydrogens is 615 g/mol. The third kappa shape index (κ3) is 5.58. The largest absolute Gasteiger partial charge is 0.208 e. The van der Waals surface area contributed by atoms with E-state index in [0.717, 1.165) is 59.1 Å². The molecule has 0 saturated carbocycles. The van der Waals surface area contributed by atoms with Gasteiger partial charge in [0.15, 0.2) is 17.5 Å². The first kappa shape index (κ1) is 24.0. The minimum atomic E-state index is -0.406. The summed E-state index contributed by atoms with van der Waals surface area (Å²) in [5.41, 5.74) is 7.66. The van der Waals surface area contributed by atoms with E-state index in [1.165, 1.54) is 11.3 Å². The Morgan fingerprint density at radius 2 is 0.898 bits per heavy atom. The molecule has 230 valence electrons. The number of thiophene rings is 1. The Morgan fingerprint density at radius 1 is 0.388 bits per heavy atom. The molecule has 0 saturated heterocycles. The summed E-state index contributed by atoms with van der Waals surface area (Å²) < 4.78 is 43.7. The van der Waals surface area contributed by atoms with Crippen LogP contribution in [0.25, 0.3) is 87.7 Å². The third-order valence-corrected chi connectivity index (χ3v) is 9.82. The van der Waals surface area contributed by atoms with Crippen molar-refractivity contribution < 1.29 is 6.85 Å². The second-order valence-corrected chi connectivity index (χ2v) is 12.7. The number of fused-ring (bicyclic) bond motifs is 3. The van der Waals surface area contributed by atoms with Crippen LogP contribution >= 0.6 is 11.3 Å². The van der Waals surface area contributed by atoms with Crippen LogP contribution in [-0.4, -0.2) is 15.0 Å². The molecular formula is C45H29N3S. The van der Waals surface area contributed by atoms with Crippen molar-refractivity contribution in [2.75, 3.05) is 0 Å².